The number of nitrogens with zero attached hydrogens (tertiary/aromatic N) is 3. The van der Waals surface area contributed by atoms with Crippen molar-refractivity contribution in [3.63, 3.8) is 0 Å². The smallest absolute Gasteiger partial charge is 0.408 e. The third-order valence-corrected chi connectivity index (χ3v) is 4.50. The number of halogens is 5. The summed E-state index contributed by atoms with van der Waals surface area (Å²) in [5.74, 6) is -0.850. The summed E-state index contributed by atoms with van der Waals surface area (Å²) in [7, 11) is 0. The average molecular weight is 442 g/mol. The van der Waals surface area contributed by atoms with Gasteiger partial charge in [0.25, 0.3) is 0 Å². The van der Waals surface area contributed by atoms with E-state index in [0.29, 0.717) is 6.54 Å². The Morgan fingerprint density at radius 2 is 2.13 bits per heavy atom. The normalized spacial score (nSPS) is 11.9. The molecule has 2 N–H and O–H groups in total. The summed E-state index contributed by atoms with van der Waals surface area (Å²) < 4.78 is 59.3. The number of H-pyrrole nitrogens is 1. The van der Waals surface area contributed by atoms with Crippen LogP contribution in [0.3, 0.4) is 0 Å². The van der Waals surface area contributed by atoms with Gasteiger partial charge in [0.05, 0.1) is 27.8 Å². The van der Waals surface area contributed by atoms with Crippen molar-refractivity contribution in [2.75, 3.05) is 6.54 Å². The van der Waals surface area contributed by atoms with Crippen LogP contribution in [0.5, 0.6) is 5.75 Å². The molecule has 3 heterocycles. The number of rotatable bonds is 3. The number of pyridine rings is 1. The molecule has 1 aromatic carbocycles. The summed E-state index contributed by atoms with van der Waals surface area (Å²) >= 11 is 6.22. The van der Waals surface area contributed by atoms with E-state index in [1.807, 2.05) is 0 Å². The molecule has 7 nitrogen and oxygen atoms in total. The molecule has 0 unspecified atom stereocenters. The van der Waals surface area contributed by atoms with E-state index in [1.54, 1.807) is 6.92 Å². The van der Waals surface area contributed by atoms with E-state index in [1.165, 1.54) is 6.20 Å². The number of carbonyl (C=O) groups excluding carboxylic acids is 1. The first-order valence-electron chi connectivity index (χ1n) is 8.57. The quantitative estimate of drug-likeness (QED) is 0.446. The van der Waals surface area contributed by atoms with Gasteiger partial charge in [-0.25, -0.2) is 18.9 Å². The van der Waals surface area contributed by atoms with Crippen LogP contribution in [0.2, 0.25) is 5.02 Å². The Labute approximate surface area is 170 Å². The Hall–Kier alpha value is -3.34. The van der Waals surface area contributed by atoms with E-state index in [9.17, 15) is 22.4 Å². The molecule has 4 rings (SSSR count). The Kier molecular flexibility index (Phi) is 4.77. The Bertz CT molecular complexity index is 1280. The number of amides is 1. The first-order valence-corrected chi connectivity index (χ1v) is 8.95. The van der Waals surface area contributed by atoms with E-state index in [2.05, 4.69) is 20.4 Å². The topological polar surface area (TPSA) is 84.8 Å². The molecule has 0 fully saturated rings. The third kappa shape index (κ3) is 3.41. The van der Waals surface area contributed by atoms with Gasteiger partial charge in [0.2, 0.25) is 0 Å². The minimum atomic E-state index is -4.65. The second kappa shape index (κ2) is 7.17. The number of aromatic amines is 1. The van der Waals surface area contributed by atoms with Gasteiger partial charge in [0.15, 0.2) is 11.4 Å². The standard InChI is InChI=1S/C18H12ClF4N5O2/c1-2-24-17(29)30-11-6-8(20)5-9-13-15(10(19)7-25-16(13)26-14(9)11)28-4-3-12(27-28)18(21,22)23/h3-7H,2H2,1H3,(H,24,29)(H,25,26). The van der Waals surface area contributed by atoms with Crippen LogP contribution in [-0.2, 0) is 6.18 Å². The lowest BCUT2D eigenvalue weighted by molar-refractivity contribution is -0.141. The monoisotopic (exact) mass is 441 g/mol. The zero-order chi connectivity index (χ0) is 21.6. The number of aromatic nitrogens is 4. The predicted octanol–water partition coefficient (Wildman–Crippen LogP) is 4.82. The molecule has 30 heavy (non-hydrogen) atoms. The Morgan fingerprint density at radius 3 is 2.80 bits per heavy atom. The maximum absolute atomic E-state index is 14.3. The van der Waals surface area contributed by atoms with E-state index in [4.69, 9.17) is 16.3 Å². The molecule has 0 atom stereocenters. The molecule has 0 saturated heterocycles. The highest BCUT2D eigenvalue weighted by atomic mass is 35.5. The van der Waals surface area contributed by atoms with Crippen molar-refractivity contribution in [1.29, 1.82) is 0 Å². The Balaban J connectivity index is 1.97. The third-order valence-electron chi connectivity index (χ3n) is 4.22. The number of hydrogen-bond acceptors (Lipinski definition) is 4. The van der Waals surface area contributed by atoms with Gasteiger partial charge in [-0.3, -0.25) is 0 Å². The lowest BCUT2D eigenvalue weighted by Gasteiger charge is -2.08. The zero-order valence-corrected chi connectivity index (χ0v) is 15.9. The summed E-state index contributed by atoms with van der Waals surface area (Å²) in [4.78, 5) is 18.8. The van der Waals surface area contributed by atoms with Crippen LogP contribution < -0.4 is 10.1 Å². The van der Waals surface area contributed by atoms with Crippen LogP contribution in [0.1, 0.15) is 12.6 Å². The van der Waals surface area contributed by atoms with Crippen molar-refractivity contribution in [2.24, 2.45) is 0 Å². The lowest BCUT2D eigenvalue weighted by atomic mass is 10.1. The summed E-state index contributed by atoms with van der Waals surface area (Å²) in [6, 6.07) is 2.93. The summed E-state index contributed by atoms with van der Waals surface area (Å²) in [6.45, 7) is 1.98. The maximum atomic E-state index is 14.3. The first kappa shape index (κ1) is 20.0. The average Bonchev–Trinajstić information content (AvgIpc) is 3.27. The summed E-state index contributed by atoms with van der Waals surface area (Å²) in [5.41, 5.74) is -0.635. The predicted molar refractivity (Wildman–Crippen MR) is 100 cm³/mol. The number of nitrogens with one attached hydrogen (secondary N) is 2. The molecule has 0 spiro atoms. The van der Waals surface area contributed by atoms with Crippen molar-refractivity contribution < 1.29 is 27.1 Å². The van der Waals surface area contributed by atoms with E-state index in [-0.39, 0.29) is 38.4 Å². The van der Waals surface area contributed by atoms with E-state index < -0.39 is 23.8 Å². The van der Waals surface area contributed by atoms with Gasteiger partial charge >= 0.3 is 12.3 Å². The number of ether oxygens (including phenoxy) is 1. The lowest BCUT2D eigenvalue weighted by Crippen LogP contribution is -2.26. The Morgan fingerprint density at radius 1 is 1.37 bits per heavy atom. The molecule has 0 radical (unpaired) electrons. The number of hydrogen-bond donors (Lipinski definition) is 2. The molecule has 0 aliphatic rings. The van der Waals surface area contributed by atoms with Gasteiger partial charge in [-0.15, -0.1) is 0 Å². The van der Waals surface area contributed by atoms with Crippen LogP contribution in [0.15, 0.2) is 30.6 Å². The molecule has 4 aromatic rings. The van der Waals surface area contributed by atoms with Crippen LogP contribution in [0, 0.1) is 5.82 Å². The molecule has 0 aliphatic heterocycles. The largest absolute Gasteiger partial charge is 0.435 e. The molecule has 0 saturated carbocycles. The van der Waals surface area contributed by atoms with E-state index in [0.717, 1.165) is 29.1 Å². The zero-order valence-electron chi connectivity index (χ0n) is 15.1. The SMILES string of the molecule is CCNC(=O)Oc1cc(F)cc2c1[nH]c1ncc(Cl)c(-n3ccc(C(F)(F)F)n3)c12. The molecule has 156 valence electrons. The van der Waals surface area contributed by atoms with Crippen molar-refractivity contribution in [3.05, 3.63) is 47.1 Å². The van der Waals surface area contributed by atoms with Gasteiger partial charge in [-0.2, -0.15) is 18.3 Å². The van der Waals surface area contributed by atoms with Gasteiger partial charge in [-0.1, -0.05) is 11.6 Å². The van der Waals surface area contributed by atoms with Crippen molar-refractivity contribution >= 4 is 39.6 Å². The molecule has 3 aromatic heterocycles. The van der Waals surface area contributed by atoms with Gasteiger partial charge in [0.1, 0.15) is 11.5 Å². The van der Waals surface area contributed by atoms with Crippen LogP contribution in [-0.4, -0.2) is 32.4 Å². The molecule has 0 bridgehead atoms. The van der Waals surface area contributed by atoms with Crippen LogP contribution >= 0.6 is 11.6 Å². The highest BCUT2D eigenvalue weighted by Crippen LogP contribution is 2.38. The van der Waals surface area contributed by atoms with Crippen LogP contribution in [0.4, 0.5) is 22.4 Å². The van der Waals surface area contributed by atoms with Gasteiger partial charge in [0, 0.05) is 24.2 Å². The van der Waals surface area contributed by atoms with Crippen LogP contribution in [0.25, 0.3) is 27.6 Å². The van der Waals surface area contributed by atoms with Gasteiger partial charge in [-0.05, 0) is 19.1 Å². The fourth-order valence-electron chi connectivity index (χ4n) is 3.04. The number of fused-ring (bicyclic) bond motifs is 3. The number of benzene rings is 1. The highest BCUT2D eigenvalue weighted by molar-refractivity contribution is 6.34. The van der Waals surface area contributed by atoms with Crippen molar-refractivity contribution in [1.82, 2.24) is 25.1 Å². The second-order valence-corrected chi connectivity index (χ2v) is 6.60. The fraction of sp³-hybridized carbons (Fsp3) is 0.167. The van der Waals surface area contributed by atoms with E-state index >= 15 is 0 Å². The molecule has 1 amide bonds. The van der Waals surface area contributed by atoms with Gasteiger partial charge < -0.3 is 15.0 Å². The molecular weight excluding hydrogens is 430 g/mol. The summed E-state index contributed by atoms with van der Waals surface area (Å²) in [6.07, 6.45) is -3.13. The number of alkyl halides is 3. The minimum absolute atomic E-state index is 0.00400. The number of carbonyl (C=O) groups is 1. The molecule has 12 heteroatoms. The van der Waals surface area contributed by atoms with Crippen molar-refractivity contribution in [2.45, 2.75) is 13.1 Å². The highest BCUT2D eigenvalue weighted by Gasteiger charge is 2.34. The summed E-state index contributed by atoms with van der Waals surface area (Å²) in [5, 5.41) is 6.38. The maximum Gasteiger partial charge on any atom is 0.435 e. The van der Waals surface area contributed by atoms with Crippen molar-refractivity contribution in [3.8, 4) is 11.4 Å². The second-order valence-electron chi connectivity index (χ2n) is 6.19. The molecule has 0 aliphatic carbocycles. The minimum Gasteiger partial charge on any atom is -0.408 e. The fourth-order valence-corrected chi connectivity index (χ4v) is 3.27. The first-order chi connectivity index (χ1) is 14.2. The molecular formula is C18H12ClF4N5O2.